The zero-order chi connectivity index (χ0) is 41.9. The van der Waals surface area contributed by atoms with E-state index in [0.717, 1.165) is 38.5 Å². The summed E-state index contributed by atoms with van der Waals surface area (Å²) in [6, 6.07) is -1.47. The number of carboxylic acid groups (broad SMARTS) is 1. The SMILES string of the molecule is CCCCCCCC/C=C\CCCCCCCCCCCC(=O)OC(COCCCCCCCCCCCCCCCCCC)COP(=O)(O)OCC(N)C(=O)O. The van der Waals surface area contributed by atoms with E-state index in [9.17, 15) is 19.0 Å². The van der Waals surface area contributed by atoms with Crippen molar-refractivity contribution in [2.24, 2.45) is 5.73 Å². The second-order valence-electron chi connectivity index (χ2n) is 16.2. The van der Waals surface area contributed by atoms with Crippen LogP contribution >= 0.6 is 7.82 Å². The van der Waals surface area contributed by atoms with Crippen LogP contribution in [0.3, 0.4) is 0 Å². The van der Waals surface area contributed by atoms with E-state index in [2.05, 4.69) is 26.0 Å². The van der Waals surface area contributed by atoms with Crippen LogP contribution in [0.15, 0.2) is 12.2 Å². The number of hydrogen-bond donors (Lipinski definition) is 3. The van der Waals surface area contributed by atoms with Gasteiger partial charge in [-0.3, -0.25) is 18.6 Å². The highest BCUT2D eigenvalue weighted by Gasteiger charge is 2.27. The third-order valence-electron chi connectivity index (χ3n) is 10.5. The molecule has 338 valence electrons. The van der Waals surface area contributed by atoms with Crippen LogP contribution in [0, 0.1) is 0 Å². The summed E-state index contributed by atoms with van der Waals surface area (Å²) in [6.07, 6.45) is 45.4. The lowest BCUT2D eigenvalue weighted by atomic mass is 10.0. The number of carbonyl (C=O) groups is 2. The molecule has 0 bridgehead atoms. The Kier molecular flexibility index (Phi) is 41.9. The van der Waals surface area contributed by atoms with Crippen molar-refractivity contribution in [3.63, 3.8) is 0 Å². The van der Waals surface area contributed by atoms with Crippen LogP contribution in [-0.2, 0) is 32.7 Å². The maximum Gasteiger partial charge on any atom is 0.472 e. The minimum atomic E-state index is -4.61. The Morgan fingerprint density at radius 3 is 1.33 bits per heavy atom. The van der Waals surface area contributed by atoms with Gasteiger partial charge in [0.1, 0.15) is 12.1 Å². The average Bonchev–Trinajstić information content (AvgIpc) is 3.19. The summed E-state index contributed by atoms with van der Waals surface area (Å²) >= 11 is 0. The number of unbranched alkanes of at least 4 members (excludes halogenated alkanes) is 30. The number of carboxylic acids is 1. The Morgan fingerprint density at radius 2 is 0.912 bits per heavy atom. The second-order valence-corrected chi connectivity index (χ2v) is 17.7. The molecule has 0 aliphatic carbocycles. The molecule has 0 saturated heterocycles. The summed E-state index contributed by atoms with van der Waals surface area (Å²) in [5.41, 5.74) is 5.36. The van der Waals surface area contributed by atoms with Gasteiger partial charge >= 0.3 is 19.8 Å². The van der Waals surface area contributed by atoms with E-state index in [1.165, 1.54) is 167 Å². The molecular weight excluding hydrogens is 741 g/mol. The summed E-state index contributed by atoms with van der Waals surface area (Å²) in [6.45, 7) is 3.92. The number of hydrogen-bond acceptors (Lipinski definition) is 8. The molecule has 0 rings (SSSR count). The third-order valence-corrected chi connectivity index (χ3v) is 11.5. The first-order chi connectivity index (χ1) is 27.7. The van der Waals surface area contributed by atoms with Crippen molar-refractivity contribution in [3.05, 3.63) is 12.2 Å². The van der Waals surface area contributed by atoms with Gasteiger partial charge in [0.2, 0.25) is 0 Å². The van der Waals surface area contributed by atoms with E-state index in [1.54, 1.807) is 0 Å². The fraction of sp³-hybridized carbons (Fsp3) is 0.913. The van der Waals surface area contributed by atoms with Gasteiger partial charge in [-0.1, -0.05) is 199 Å². The quantitative estimate of drug-likeness (QED) is 0.0234. The molecule has 3 atom stereocenters. The first kappa shape index (κ1) is 55.7. The Bertz CT molecular complexity index is 966. The van der Waals surface area contributed by atoms with E-state index in [4.69, 9.17) is 29.4 Å². The van der Waals surface area contributed by atoms with Gasteiger partial charge in [-0.05, 0) is 38.5 Å². The fourth-order valence-corrected chi connectivity index (χ4v) is 7.61. The summed E-state index contributed by atoms with van der Waals surface area (Å²) in [7, 11) is -4.61. The minimum Gasteiger partial charge on any atom is -0.480 e. The molecule has 0 aromatic heterocycles. The average molecular weight is 832 g/mol. The second kappa shape index (κ2) is 42.8. The Labute approximate surface area is 350 Å². The lowest BCUT2D eigenvalue weighted by Crippen LogP contribution is -2.34. The van der Waals surface area contributed by atoms with Crippen molar-refractivity contribution in [3.8, 4) is 0 Å². The molecule has 0 aliphatic rings. The molecule has 0 amide bonds. The smallest absolute Gasteiger partial charge is 0.472 e. The van der Waals surface area contributed by atoms with Crippen LogP contribution in [0.2, 0.25) is 0 Å². The van der Waals surface area contributed by atoms with E-state index in [0.29, 0.717) is 13.0 Å². The number of esters is 1. The number of nitrogens with two attached hydrogens (primary N) is 1. The number of phosphoric acid groups is 1. The zero-order valence-corrected chi connectivity index (χ0v) is 37.9. The predicted molar refractivity (Wildman–Crippen MR) is 236 cm³/mol. The third kappa shape index (κ3) is 42.6. The van der Waals surface area contributed by atoms with Crippen LogP contribution < -0.4 is 5.73 Å². The summed E-state index contributed by atoms with van der Waals surface area (Å²) < 4.78 is 33.4. The van der Waals surface area contributed by atoms with Crippen molar-refractivity contribution >= 4 is 19.8 Å². The van der Waals surface area contributed by atoms with Crippen LogP contribution in [0.5, 0.6) is 0 Å². The number of allylic oxidation sites excluding steroid dienone is 2. The van der Waals surface area contributed by atoms with Gasteiger partial charge in [0.25, 0.3) is 0 Å². The van der Waals surface area contributed by atoms with Crippen molar-refractivity contribution in [2.45, 2.75) is 244 Å². The number of carbonyl (C=O) groups excluding carboxylic acids is 1. The maximum absolute atomic E-state index is 12.7. The Hall–Kier alpha value is -1.29. The molecule has 0 aromatic carbocycles. The highest BCUT2D eigenvalue weighted by molar-refractivity contribution is 7.47. The monoisotopic (exact) mass is 832 g/mol. The lowest BCUT2D eigenvalue weighted by Gasteiger charge is -2.20. The first-order valence-corrected chi connectivity index (χ1v) is 25.2. The van der Waals surface area contributed by atoms with Gasteiger partial charge in [-0.2, -0.15) is 0 Å². The maximum atomic E-state index is 12.7. The van der Waals surface area contributed by atoms with Gasteiger partial charge in [0, 0.05) is 13.0 Å². The highest BCUT2D eigenvalue weighted by atomic mass is 31.2. The van der Waals surface area contributed by atoms with E-state index in [-0.39, 0.29) is 13.0 Å². The summed E-state index contributed by atoms with van der Waals surface area (Å²) in [5, 5.41) is 8.91. The molecule has 0 aliphatic heterocycles. The first-order valence-electron chi connectivity index (χ1n) is 23.7. The normalized spacial score (nSPS) is 13.9. The molecule has 0 spiro atoms. The van der Waals surface area contributed by atoms with Gasteiger partial charge in [0.05, 0.1) is 19.8 Å². The molecule has 4 N–H and O–H groups in total. The molecule has 57 heavy (non-hydrogen) atoms. The zero-order valence-electron chi connectivity index (χ0n) is 37.0. The highest BCUT2D eigenvalue weighted by Crippen LogP contribution is 2.43. The number of rotatable bonds is 46. The van der Waals surface area contributed by atoms with Gasteiger partial charge in [0.15, 0.2) is 0 Å². The Balaban J connectivity index is 4.15. The summed E-state index contributed by atoms with van der Waals surface area (Å²) in [5.74, 6) is -1.77. The van der Waals surface area contributed by atoms with Crippen LogP contribution in [0.25, 0.3) is 0 Å². The van der Waals surface area contributed by atoms with E-state index in [1.807, 2.05) is 0 Å². The van der Waals surface area contributed by atoms with Gasteiger partial charge < -0.3 is 25.2 Å². The standard InChI is InChI=1S/C46H90NO9P/c1-3-5-7-9-11-13-15-17-19-21-22-23-24-26-28-30-32-34-36-38-45(48)56-43(41-54-57(51,52)55-42-44(47)46(49)50)40-53-39-37-35-33-31-29-27-25-20-18-16-14-12-10-8-6-4-2/h17,19,43-44H,3-16,18,20-42,47H2,1-2H3,(H,49,50)(H,51,52)/b19-17-. The molecule has 0 heterocycles. The molecule has 0 radical (unpaired) electrons. The molecule has 10 nitrogen and oxygen atoms in total. The summed E-state index contributed by atoms with van der Waals surface area (Å²) in [4.78, 5) is 33.6. The van der Waals surface area contributed by atoms with Crippen LogP contribution in [0.4, 0.5) is 0 Å². The fourth-order valence-electron chi connectivity index (χ4n) is 6.84. The molecule has 0 saturated carbocycles. The predicted octanol–water partition coefficient (Wildman–Crippen LogP) is 13.3. The van der Waals surface area contributed by atoms with Crippen molar-refractivity contribution in [1.82, 2.24) is 0 Å². The van der Waals surface area contributed by atoms with Crippen molar-refractivity contribution < 1.29 is 42.7 Å². The molecule has 0 aromatic rings. The molecule has 11 heteroatoms. The number of phosphoric ester groups is 1. The van der Waals surface area contributed by atoms with Gasteiger partial charge in [-0.15, -0.1) is 0 Å². The number of ether oxygens (including phenoxy) is 2. The molecule has 0 fully saturated rings. The lowest BCUT2D eigenvalue weighted by molar-refractivity contribution is -0.154. The molecule has 3 unspecified atom stereocenters. The van der Waals surface area contributed by atoms with Crippen molar-refractivity contribution in [1.29, 1.82) is 0 Å². The van der Waals surface area contributed by atoms with E-state index >= 15 is 0 Å². The van der Waals surface area contributed by atoms with Crippen LogP contribution in [-0.4, -0.2) is 60.5 Å². The van der Waals surface area contributed by atoms with Gasteiger partial charge in [-0.25, -0.2) is 4.57 Å². The molecular formula is C46H90NO9P. The number of aliphatic carboxylic acids is 1. The van der Waals surface area contributed by atoms with Crippen molar-refractivity contribution in [2.75, 3.05) is 26.4 Å². The minimum absolute atomic E-state index is 0.0224. The van der Waals surface area contributed by atoms with E-state index < -0.39 is 45.1 Å². The Morgan fingerprint density at radius 1 is 0.544 bits per heavy atom. The van der Waals surface area contributed by atoms with Crippen LogP contribution in [0.1, 0.15) is 232 Å². The largest absolute Gasteiger partial charge is 0.480 e. The topological polar surface area (TPSA) is 155 Å².